The summed E-state index contributed by atoms with van der Waals surface area (Å²) < 4.78 is 58.3. The number of rotatable bonds is 1. The van der Waals surface area contributed by atoms with E-state index in [0.29, 0.717) is 24.5 Å². The summed E-state index contributed by atoms with van der Waals surface area (Å²) in [7, 11) is 0. The summed E-state index contributed by atoms with van der Waals surface area (Å²) in [6.07, 6.45) is -4.46. The molecule has 23 heavy (non-hydrogen) atoms. The van der Waals surface area contributed by atoms with Crippen molar-refractivity contribution in [1.82, 2.24) is 5.32 Å². The van der Waals surface area contributed by atoms with Crippen LogP contribution in [0.5, 0.6) is 5.75 Å². The Hall–Kier alpha value is -1.79. The molecule has 0 bridgehead atoms. The highest BCUT2D eigenvalue weighted by Gasteiger charge is 2.33. The zero-order chi connectivity index (χ0) is 15.7. The van der Waals surface area contributed by atoms with Gasteiger partial charge in [-0.2, -0.15) is 13.2 Å². The average Bonchev–Trinajstić information content (AvgIpc) is 2.68. The lowest BCUT2D eigenvalue weighted by molar-refractivity contribution is -0.137. The summed E-state index contributed by atoms with van der Waals surface area (Å²) in [6.45, 7) is 0.721. The molecule has 1 atom stereocenters. The second-order valence-corrected chi connectivity index (χ2v) is 5.01. The van der Waals surface area contributed by atoms with Gasteiger partial charge >= 0.3 is 6.18 Å². The number of nitrogens with one attached hydrogen (secondary N) is 1. The number of fused-ring (bicyclic) bond motifs is 1. The van der Waals surface area contributed by atoms with Crippen molar-refractivity contribution in [2.45, 2.75) is 12.2 Å². The highest BCUT2D eigenvalue weighted by Crippen LogP contribution is 2.38. The fourth-order valence-electron chi connectivity index (χ4n) is 2.54. The summed E-state index contributed by atoms with van der Waals surface area (Å²) in [5.74, 6) is -0.128. The average molecular weight is 348 g/mol. The SMILES string of the molecule is Cl.Fc1ccccc1C1NCCOc2ccc(C(F)(F)F)cc21. The molecule has 2 aromatic rings. The molecule has 0 amide bonds. The van der Waals surface area contributed by atoms with Gasteiger partial charge in [-0.1, -0.05) is 18.2 Å². The summed E-state index contributed by atoms with van der Waals surface area (Å²) >= 11 is 0. The van der Waals surface area contributed by atoms with Crippen LogP contribution in [0.3, 0.4) is 0 Å². The molecule has 3 rings (SSSR count). The van der Waals surface area contributed by atoms with Crippen LogP contribution < -0.4 is 10.1 Å². The van der Waals surface area contributed by atoms with Crippen molar-refractivity contribution in [3.8, 4) is 5.75 Å². The van der Waals surface area contributed by atoms with E-state index in [4.69, 9.17) is 4.74 Å². The van der Waals surface area contributed by atoms with Crippen LogP contribution in [0.25, 0.3) is 0 Å². The third-order valence-corrected chi connectivity index (χ3v) is 3.57. The monoisotopic (exact) mass is 347 g/mol. The van der Waals surface area contributed by atoms with E-state index in [2.05, 4.69) is 5.32 Å². The number of alkyl halides is 3. The van der Waals surface area contributed by atoms with Crippen LogP contribution in [-0.4, -0.2) is 13.2 Å². The normalized spacial score (nSPS) is 17.5. The maximum atomic E-state index is 14.0. The number of benzene rings is 2. The Bertz CT molecular complexity index is 690. The Balaban J connectivity index is 0.00000192. The fourth-order valence-corrected chi connectivity index (χ4v) is 2.54. The molecule has 0 saturated heterocycles. The van der Waals surface area contributed by atoms with E-state index in [9.17, 15) is 17.6 Å². The van der Waals surface area contributed by atoms with Gasteiger partial charge in [-0.3, -0.25) is 0 Å². The molecule has 0 aliphatic carbocycles. The van der Waals surface area contributed by atoms with E-state index in [1.54, 1.807) is 18.2 Å². The van der Waals surface area contributed by atoms with Crippen molar-refractivity contribution in [1.29, 1.82) is 0 Å². The molecule has 1 heterocycles. The smallest absolute Gasteiger partial charge is 0.416 e. The van der Waals surface area contributed by atoms with E-state index in [0.717, 1.165) is 12.1 Å². The van der Waals surface area contributed by atoms with E-state index in [1.165, 1.54) is 12.1 Å². The molecule has 0 spiro atoms. The molecule has 1 aliphatic rings. The Labute approximate surface area is 136 Å². The van der Waals surface area contributed by atoms with Crippen LogP contribution in [0.1, 0.15) is 22.7 Å². The standard InChI is InChI=1S/C16H13F4NO.ClH/c17-13-4-2-1-3-11(13)15-12-9-10(16(18,19)20)5-6-14(12)22-8-7-21-15;/h1-6,9,15,21H,7-8H2;1H. The quantitative estimate of drug-likeness (QED) is 0.775. The predicted molar refractivity (Wildman–Crippen MR) is 80.4 cm³/mol. The highest BCUT2D eigenvalue weighted by atomic mass is 35.5. The van der Waals surface area contributed by atoms with Crippen molar-refractivity contribution < 1.29 is 22.3 Å². The lowest BCUT2D eigenvalue weighted by Gasteiger charge is -2.20. The molecular formula is C16H14ClF4NO. The van der Waals surface area contributed by atoms with E-state index >= 15 is 0 Å². The molecule has 1 aliphatic heterocycles. The number of hydrogen-bond donors (Lipinski definition) is 1. The molecular weight excluding hydrogens is 334 g/mol. The summed E-state index contributed by atoms with van der Waals surface area (Å²) in [4.78, 5) is 0. The lowest BCUT2D eigenvalue weighted by Crippen LogP contribution is -2.24. The number of ether oxygens (including phenoxy) is 1. The van der Waals surface area contributed by atoms with Crippen LogP contribution in [0, 0.1) is 5.82 Å². The van der Waals surface area contributed by atoms with Gasteiger partial charge in [-0.15, -0.1) is 12.4 Å². The van der Waals surface area contributed by atoms with E-state index in [-0.39, 0.29) is 18.0 Å². The van der Waals surface area contributed by atoms with Crippen LogP contribution in [-0.2, 0) is 6.18 Å². The number of hydrogen-bond acceptors (Lipinski definition) is 2. The molecule has 1 unspecified atom stereocenters. The molecule has 0 radical (unpaired) electrons. The summed E-state index contributed by atoms with van der Waals surface area (Å²) in [5.41, 5.74) is -0.189. The first-order valence-corrected chi connectivity index (χ1v) is 6.78. The zero-order valence-corrected chi connectivity index (χ0v) is 12.7. The van der Waals surface area contributed by atoms with Gasteiger partial charge in [0.1, 0.15) is 18.2 Å². The van der Waals surface area contributed by atoms with Crippen LogP contribution in [0.15, 0.2) is 42.5 Å². The first kappa shape index (κ1) is 17.6. The van der Waals surface area contributed by atoms with Crippen molar-refractivity contribution in [3.05, 3.63) is 65.0 Å². The third kappa shape index (κ3) is 3.59. The lowest BCUT2D eigenvalue weighted by atomic mass is 9.95. The minimum Gasteiger partial charge on any atom is -0.492 e. The van der Waals surface area contributed by atoms with Gasteiger partial charge in [-0.25, -0.2) is 4.39 Å². The van der Waals surface area contributed by atoms with Gasteiger partial charge < -0.3 is 10.1 Å². The van der Waals surface area contributed by atoms with Gasteiger partial charge in [0, 0.05) is 17.7 Å². The maximum Gasteiger partial charge on any atom is 0.416 e. The molecule has 7 heteroatoms. The van der Waals surface area contributed by atoms with Crippen molar-refractivity contribution in [2.24, 2.45) is 0 Å². The molecule has 2 nitrogen and oxygen atoms in total. The Morgan fingerprint density at radius 1 is 1.04 bits per heavy atom. The molecule has 2 aromatic carbocycles. The fraction of sp³-hybridized carbons (Fsp3) is 0.250. The minimum atomic E-state index is -4.46. The van der Waals surface area contributed by atoms with Crippen LogP contribution >= 0.6 is 12.4 Å². The molecule has 124 valence electrons. The van der Waals surface area contributed by atoms with Gasteiger partial charge in [0.15, 0.2) is 0 Å². The highest BCUT2D eigenvalue weighted by molar-refractivity contribution is 5.85. The summed E-state index contributed by atoms with van der Waals surface area (Å²) in [5, 5.41) is 3.04. The Morgan fingerprint density at radius 2 is 1.78 bits per heavy atom. The third-order valence-electron chi connectivity index (χ3n) is 3.57. The molecule has 0 fully saturated rings. The van der Waals surface area contributed by atoms with Gasteiger partial charge in [0.25, 0.3) is 0 Å². The zero-order valence-electron chi connectivity index (χ0n) is 11.9. The second kappa shape index (κ2) is 6.76. The predicted octanol–water partition coefficient (Wildman–Crippen LogP) is 4.34. The second-order valence-electron chi connectivity index (χ2n) is 5.01. The van der Waals surface area contributed by atoms with Gasteiger partial charge in [-0.05, 0) is 24.3 Å². The van der Waals surface area contributed by atoms with E-state index < -0.39 is 23.6 Å². The Morgan fingerprint density at radius 3 is 2.48 bits per heavy atom. The first-order chi connectivity index (χ1) is 10.5. The van der Waals surface area contributed by atoms with Gasteiger partial charge in [0.05, 0.1) is 11.6 Å². The summed E-state index contributed by atoms with van der Waals surface area (Å²) in [6, 6.07) is 8.64. The Kier molecular flexibility index (Phi) is 5.16. The van der Waals surface area contributed by atoms with Crippen LogP contribution in [0.2, 0.25) is 0 Å². The van der Waals surface area contributed by atoms with Crippen molar-refractivity contribution in [2.75, 3.05) is 13.2 Å². The topological polar surface area (TPSA) is 21.3 Å². The van der Waals surface area contributed by atoms with Crippen LogP contribution in [0.4, 0.5) is 17.6 Å². The van der Waals surface area contributed by atoms with E-state index in [1.807, 2.05) is 0 Å². The molecule has 0 saturated carbocycles. The maximum absolute atomic E-state index is 14.0. The van der Waals surface area contributed by atoms with Crippen molar-refractivity contribution >= 4 is 12.4 Å². The minimum absolute atomic E-state index is 0. The van der Waals surface area contributed by atoms with Crippen molar-refractivity contribution in [3.63, 3.8) is 0 Å². The molecule has 0 aromatic heterocycles. The molecule has 1 N–H and O–H groups in total. The largest absolute Gasteiger partial charge is 0.492 e. The number of halogens is 5. The van der Waals surface area contributed by atoms with Gasteiger partial charge in [0.2, 0.25) is 0 Å². The first-order valence-electron chi connectivity index (χ1n) is 6.78.